The molecule has 0 unspecified atom stereocenters. The van der Waals surface area contributed by atoms with Crippen LogP contribution < -0.4 is 20.8 Å². The Balaban J connectivity index is 1.46. The van der Waals surface area contributed by atoms with Crippen LogP contribution in [0.25, 0.3) is 11.3 Å². The lowest BCUT2D eigenvalue weighted by Crippen LogP contribution is -2.51. The van der Waals surface area contributed by atoms with Crippen molar-refractivity contribution in [2.75, 3.05) is 25.0 Å². The van der Waals surface area contributed by atoms with E-state index in [1.165, 1.54) is 48.1 Å². The predicted octanol–water partition coefficient (Wildman–Crippen LogP) is 2.78. The van der Waals surface area contributed by atoms with Crippen molar-refractivity contribution in [3.05, 3.63) is 64.6 Å². The molecule has 2 aromatic carbocycles. The van der Waals surface area contributed by atoms with E-state index in [4.69, 9.17) is 21.6 Å². The van der Waals surface area contributed by atoms with Crippen molar-refractivity contribution in [1.82, 2.24) is 25.3 Å². The zero-order valence-corrected chi connectivity index (χ0v) is 24.1. The molecular weight excluding hydrogens is 588 g/mol. The van der Waals surface area contributed by atoms with Gasteiger partial charge in [0.05, 0.1) is 34.1 Å². The second-order valence-electron chi connectivity index (χ2n) is 10.0. The third kappa shape index (κ3) is 6.75. The highest BCUT2D eigenvalue weighted by molar-refractivity contribution is 6.34. The maximum atomic E-state index is 14.8. The van der Waals surface area contributed by atoms with Crippen LogP contribution in [-0.2, 0) is 11.8 Å². The second-order valence-corrected chi connectivity index (χ2v) is 10.4. The number of anilines is 1. The van der Waals surface area contributed by atoms with Crippen LogP contribution in [0.1, 0.15) is 41.2 Å². The number of nitrogens with one attached hydrogen (secondary N) is 3. The maximum absolute atomic E-state index is 14.8. The summed E-state index contributed by atoms with van der Waals surface area (Å²) in [7, 11) is 1.44. The molecule has 1 fully saturated rings. The molecule has 4 rings (SSSR count). The Morgan fingerprint density at radius 1 is 1.30 bits per heavy atom. The lowest BCUT2D eigenvalue weighted by molar-refractivity contribution is -0.127. The van der Waals surface area contributed by atoms with Crippen LogP contribution in [0, 0.1) is 23.0 Å². The Hall–Kier alpha value is -4.58. The van der Waals surface area contributed by atoms with Gasteiger partial charge in [0.15, 0.2) is 24.0 Å². The molecule has 226 valence electrons. The van der Waals surface area contributed by atoms with Crippen LogP contribution in [0.3, 0.4) is 0 Å². The summed E-state index contributed by atoms with van der Waals surface area (Å²) in [5, 5.41) is 25.3. The van der Waals surface area contributed by atoms with Gasteiger partial charge in [0.2, 0.25) is 5.82 Å². The number of hydrogen-bond donors (Lipinski definition) is 4. The molecule has 1 saturated heterocycles. The molecule has 1 aliphatic rings. The molecule has 1 aliphatic heterocycles. The molecule has 3 aromatic rings. The third-order valence-electron chi connectivity index (χ3n) is 6.76. The molecule has 0 bridgehead atoms. The van der Waals surface area contributed by atoms with Gasteiger partial charge in [-0.05, 0) is 44.2 Å². The Kier molecular flexibility index (Phi) is 9.29. The summed E-state index contributed by atoms with van der Waals surface area (Å²) >= 11 is 6.37. The monoisotopic (exact) mass is 615 g/mol. The summed E-state index contributed by atoms with van der Waals surface area (Å²) in [5.41, 5.74) is 1.72. The minimum atomic E-state index is -1.28. The molecule has 0 aliphatic carbocycles. The van der Waals surface area contributed by atoms with Gasteiger partial charge in [-0.25, -0.2) is 9.37 Å². The lowest BCUT2D eigenvalue weighted by Gasteiger charge is -2.24. The third-order valence-corrected chi connectivity index (χ3v) is 7.07. The molecule has 1 aromatic heterocycles. The van der Waals surface area contributed by atoms with Crippen molar-refractivity contribution < 1.29 is 33.0 Å². The van der Waals surface area contributed by atoms with Crippen LogP contribution >= 0.6 is 11.6 Å². The van der Waals surface area contributed by atoms with Gasteiger partial charge < -0.3 is 25.0 Å². The number of ether oxygens (including phenoxy) is 1. The number of benzene rings is 2. The van der Waals surface area contributed by atoms with Crippen molar-refractivity contribution in [2.45, 2.75) is 31.9 Å². The molecule has 2 heterocycles. The van der Waals surface area contributed by atoms with E-state index in [1.54, 1.807) is 19.9 Å². The van der Waals surface area contributed by atoms with Crippen LogP contribution in [-0.4, -0.2) is 68.7 Å². The summed E-state index contributed by atoms with van der Waals surface area (Å²) in [5.74, 6) is -4.83. The van der Waals surface area contributed by atoms with E-state index >= 15 is 0 Å². The van der Waals surface area contributed by atoms with Gasteiger partial charge in [-0.1, -0.05) is 11.6 Å². The second kappa shape index (κ2) is 12.7. The SMILES string of the molecule is CCN(NC(=O)[C@H]1C[C@@](C)(O)CN1)C(=O)c1ccc(NC(=O)c2ncc(-c3ccc(OCC#N)c(F)c3F)n2C)cc1Cl. The van der Waals surface area contributed by atoms with E-state index in [1.807, 2.05) is 0 Å². The van der Waals surface area contributed by atoms with Gasteiger partial charge in [-0.3, -0.25) is 24.8 Å². The maximum Gasteiger partial charge on any atom is 0.291 e. The summed E-state index contributed by atoms with van der Waals surface area (Å²) in [6, 6.07) is 7.57. The molecule has 2 atom stereocenters. The van der Waals surface area contributed by atoms with E-state index in [2.05, 4.69) is 21.0 Å². The molecule has 0 radical (unpaired) electrons. The summed E-state index contributed by atoms with van der Waals surface area (Å²) in [4.78, 5) is 42.7. The Bertz CT molecular complexity index is 1620. The van der Waals surface area contributed by atoms with Crippen LogP contribution in [0.5, 0.6) is 5.75 Å². The van der Waals surface area contributed by atoms with Crippen LogP contribution in [0.4, 0.5) is 14.5 Å². The average Bonchev–Trinajstić information content (AvgIpc) is 3.53. The van der Waals surface area contributed by atoms with Gasteiger partial charge in [-0.15, -0.1) is 0 Å². The van der Waals surface area contributed by atoms with Gasteiger partial charge in [0.25, 0.3) is 17.7 Å². The smallest absolute Gasteiger partial charge is 0.291 e. The van der Waals surface area contributed by atoms with Crippen molar-refractivity contribution in [2.24, 2.45) is 7.05 Å². The average molecular weight is 616 g/mol. The number of nitriles is 1. The molecule has 4 N–H and O–H groups in total. The number of halogens is 3. The Morgan fingerprint density at radius 3 is 2.67 bits per heavy atom. The van der Waals surface area contributed by atoms with Crippen molar-refractivity contribution in [3.8, 4) is 23.1 Å². The number of nitrogens with zero attached hydrogens (tertiary/aromatic N) is 4. The standard InChI is InChI=1S/C28H28ClF2N7O5/c1-4-38(36-25(39)19-12-28(2,42)14-34-19)27(41)16-6-5-15(11-18(16)29)35-26(40)24-33-13-20(37(24)3)17-7-8-21(43-10-9-32)23(31)22(17)30/h5-8,11,13,19,34,42H,4,10,12,14H2,1-3H3,(H,35,40)(H,36,39)/t19-,28-/m1/s1. The first-order valence-electron chi connectivity index (χ1n) is 13.1. The number of β-amino-alcohol motifs (C(OH)–C–C–N with tert-alkyl or cyclic N) is 1. The number of carbonyl (C=O) groups excluding carboxylic acids is 3. The number of imidazole rings is 1. The highest BCUT2D eigenvalue weighted by Gasteiger charge is 2.37. The van der Waals surface area contributed by atoms with Gasteiger partial charge in [-0.2, -0.15) is 9.65 Å². The predicted molar refractivity (Wildman–Crippen MR) is 151 cm³/mol. The first-order valence-corrected chi connectivity index (χ1v) is 13.4. The minimum Gasteiger partial charge on any atom is -0.476 e. The fraction of sp³-hybridized carbons (Fsp3) is 0.321. The molecule has 0 spiro atoms. The quantitative estimate of drug-likeness (QED) is 0.281. The van der Waals surface area contributed by atoms with Crippen molar-refractivity contribution in [3.63, 3.8) is 0 Å². The molecule has 15 heteroatoms. The molecule has 43 heavy (non-hydrogen) atoms. The van der Waals surface area contributed by atoms with Crippen molar-refractivity contribution in [1.29, 1.82) is 5.26 Å². The number of hydrazine groups is 1. The summed E-state index contributed by atoms with van der Waals surface area (Å²) in [6.07, 6.45) is 1.39. The van der Waals surface area contributed by atoms with Gasteiger partial charge in [0.1, 0.15) is 6.07 Å². The topological polar surface area (TPSA) is 162 Å². The fourth-order valence-corrected chi connectivity index (χ4v) is 4.78. The largest absolute Gasteiger partial charge is 0.476 e. The van der Waals surface area contributed by atoms with Crippen LogP contribution in [0.2, 0.25) is 5.02 Å². The van der Waals surface area contributed by atoms with E-state index < -0.39 is 53.4 Å². The molecule has 12 nitrogen and oxygen atoms in total. The van der Waals surface area contributed by atoms with Crippen molar-refractivity contribution >= 4 is 35.0 Å². The number of hydrogen-bond acceptors (Lipinski definition) is 8. The number of rotatable bonds is 8. The van der Waals surface area contributed by atoms with E-state index in [9.17, 15) is 28.3 Å². The molecular formula is C28H28ClF2N7O5. The highest BCUT2D eigenvalue weighted by atomic mass is 35.5. The number of aromatic nitrogens is 2. The zero-order valence-electron chi connectivity index (χ0n) is 23.4. The zero-order chi connectivity index (χ0) is 31.5. The first-order chi connectivity index (χ1) is 20.4. The molecule has 3 amide bonds. The van der Waals surface area contributed by atoms with E-state index in [0.717, 1.165) is 5.01 Å². The normalized spacial score (nSPS) is 17.7. The first kappa shape index (κ1) is 31.4. The van der Waals surface area contributed by atoms with E-state index in [-0.39, 0.29) is 52.9 Å². The Labute approximate surface area is 250 Å². The number of carbonyl (C=O) groups is 3. The minimum absolute atomic E-state index is 0.00536. The summed E-state index contributed by atoms with van der Waals surface area (Å²) in [6.45, 7) is 3.19. The lowest BCUT2D eigenvalue weighted by atomic mass is 10.0. The van der Waals surface area contributed by atoms with Gasteiger partial charge in [0, 0.05) is 37.8 Å². The highest BCUT2D eigenvalue weighted by Crippen LogP contribution is 2.30. The number of amides is 3. The fourth-order valence-electron chi connectivity index (χ4n) is 4.52. The van der Waals surface area contributed by atoms with Crippen LogP contribution in [0.15, 0.2) is 36.5 Å². The van der Waals surface area contributed by atoms with Gasteiger partial charge >= 0.3 is 0 Å². The Morgan fingerprint density at radius 2 is 2.05 bits per heavy atom. The molecule has 0 saturated carbocycles. The summed E-state index contributed by atoms with van der Waals surface area (Å²) < 4.78 is 35.3. The van der Waals surface area contributed by atoms with E-state index in [0.29, 0.717) is 0 Å². The number of aliphatic hydroxyl groups is 1.